The Morgan fingerprint density at radius 1 is 1.00 bits per heavy atom. The lowest BCUT2D eigenvalue weighted by Crippen LogP contribution is -2.25. The first-order valence-electron chi connectivity index (χ1n) is 11.2. The molecule has 6 heteroatoms. The number of nitrogens with zero attached hydrogens (tertiary/aromatic N) is 3. The van der Waals surface area contributed by atoms with Crippen LogP contribution in [0.3, 0.4) is 0 Å². The van der Waals surface area contributed by atoms with Crippen molar-refractivity contribution in [2.24, 2.45) is 0 Å². The van der Waals surface area contributed by atoms with E-state index in [0.29, 0.717) is 26.1 Å². The second-order valence-electron chi connectivity index (χ2n) is 8.33. The van der Waals surface area contributed by atoms with Crippen LogP contribution >= 0.6 is 0 Å². The fraction of sp³-hybridized carbons (Fsp3) is 0.259. The van der Waals surface area contributed by atoms with Crippen molar-refractivity contribution in [1.82, 2.24) is 9.55 Å². The molecule has 1 aromatic heterocycles. The van der Waals surface area contributed by atoms with Gasteiger partial charge in [-0.2, -0.15) is 0 Å². The number of methoxy groups -OCH3 is 1. The van der Waals surface area contributed by atoms with Gasteiger partial charge in [-0.05, 0) is 42.8 Å². The van der Waals surface area contributed by atoms with E-state index in [1.807, 2.05) is 78.6 Å². The first-order chi connectivity index (χ1) is 16.1. The van der Waals surface area contributed by atoms with Crippen molar-refractivity contribution in [2.45, 2.75) is 25.8 Å². The highest BCUT2D eigenvalue weighted by Crippen LogP contribution is 2.34. The molecule has 0 spiro atoms. The highest BCUT2D eigenvalue weighted by Gasteiger charge is 2.35. The molecule has 0 aliphatic carbocycles. The molecule has 4 aromatic rings. The maximum Gasteiger partial charge on any atom is 0.227 e. The van der Waals surface area contributed by atoms with Crippen molar-refractivity contribution in [3.63, 3.8) is 0 Å². The summed E-state index contributed by atoms with van der Waals surface area (Å²) >= 11 is 0. The van der Waals surface area contributed by atoms with Crippen molar-refractivity contribution < 1.29 is 14.3 Å². The van der Waals surface area contributed by atoms with Gasteiger partial charge in [-0.1, -0.05) is 36.4 Å². The summed E-state index contributed by atoms with van der Waals surface area (Å²) in [6.07, 6.45) is 0.453. The third-order valence-corrected chi connectivity index (χ3v) is 6.21. The molecule has 33 heavy (non-hydrogen) atoms. The van der Waals surface area contributed by atoms with Gasteiger partial charge in [-0.25, -0.2) is 4.98 Å². The Balaban J connectivity index is 1.40. The predicted molar refractivity (Wildman–Crippen MR) is 129 cm³/mol. The molecule has 0 saturated carbocycles. The Morgan fingerprint density at radius 2 is 1.79 bits per heavy atom. The lowest BCUT2D eigenvalue weighted by Gasteiger charge is -2.19. The Bertz CT molecular complexity index is 1300. The lowest BCUT2D eigenvalue weighted by atomic mass is 10.1. The van der Waals surface area contributed by atoms with Crippen molar-refractivity contribution >= 4 is 22.6 Å². The number of anilines is 1. The van der Waals surface area contributed by atoms with E-state index in [-0.39, 0.29) is 11.8 Å². The standard InChI is InChI=1S/C27H27N3O3/c1-19-8-3-5-12-24(19)30-18-20(16-26(30)31)27-28-23-11-4-6-13-25(23)29(27)14-15-33-22-10-7-9-21(17-22)32-2/h3-13,17,20H,14-16,18H2,1-2H3. The fourth-order valence-corrected chi connectivity index (χ4v) is 4.57. The summed E-state index contributed by atoms with van der Waals surface area (Å²) in [7, 11) is 1.64. The van der Waals surface area contributed by atoms with Gasteiger partial charge in [0.2, 0.25) is 5.91 Å². The number of imidazole rings is 1. The van der Waals surface area contributed by atoms with Gasteiger partial charge in [-0.3, -0.25) is 4.79 Å². The number of rotatable bonds is 7. The van der Waals surface area contributed by atoms with Crippen molar-refractivity contribution in [3.8, 4) is 11.5 Å². The minimum Gasteiger partial charge on any atom is -0.497 e. The third-order valence-electron chi connectivity index (χ3n) is 6.21. The molecule has 1 aliphatic rings. The smallest absolute Gasteiger partial charge is 0.227 e. The SMILES string of the molecule is COc1cccc(OCCn2c(C3CC(=O)N(c4ccccc4C)C3)nc3ccccc32)c1. The van der Waals surface area contributed by atoms with Crippen molar-refractivity contribution in [2.75, 3.05) is 25.2 Å². The van der Waals surface area contributed by atoms with E-state index in [0.717, 1.165) is 39.6 Å². The number of aryl methyl sites for hydroxylation is 1. The highest BCUT2D eigenvalue weighted by atomic mass is 16.5. The van der Waals surface area contributed by atoms with E-state index in [2.05, 4.69) is 10.6 Å². The second kappa shape index (κ2) is 8.98. The van der Waals surface area contributed by atoms with Gasteiger partial charge >= 0.3 is 0 Å². The maximum atomic E-state index is 12.9. The van der Waals surface area contributed by atoms with E-state index in [9.17, 15) is 4.79 Å². The third kappa shape index (κ3) is 4.16. The minimum absolute atomic E-state index is 0.0290. The summed E-state index contributed by atoms with van der Waals surface area (Å²) < 4.78 is 13.5. The molecule has 1 unspecified atom stereocenters. The first kappa shape index (κ1) is 21.1. The Kier molecular flexibility index (Phi) is 5.73. The number of amides is 1. The van der Waals surface area contributed by atoms with E-state index in [1.165, 1.54) is 0 Å². The molecule has 168 valence electrons. The molecule has 0 bridgehead atoms. The van der Waals surface area contributed by atoms with Crippen LogP contribution in [0.4, 0.5) is 5.69 Å². The summed E-state index contributed by atoms with van der Waals surface area (Å²) in [5.74, 6) is 2.64. The molecule has 1 saturated heterocycles. The monoisotopic (exact) mass is 441 g/mol. The van der Waals surface area contributed by atoms with Gasteiger partial charge in [-0.15, -0.1) is 0 Å². The van der Waals surface area contributed by atoms with E-state index < -0.39 is 0 Å². The largest absolute Gasteiger partial charge is 0.497 e. The van der Waals surface area contributed by atoms with Crippen LogP contribution < -0.4 is 14.4 Å². The molecule has 1 amide bonds. The second-order valence-corrected chi connectivity index (χ2v) is 8.33. The van der Waals surface area contributed by atoms with E-state index >= 15 is 0 Å². The van der Waals surface area contributed by atoms with Crippen LogP contribution in [-0.4, -0.2) is 35.7 Å². The van der Waals surface area contributed by atoms with Gasteiger partial charge in [0.1, 0.15) is 23.9 Å². The number of aromatic nitrogens is 2. The average molecular weight is 442 g/mol. The number of carbonyl (C=O) groups is 1. The normalized spacial score (nSPS) is 15.9. The number of hydrogen-bond acceptors (Lipinski definition) is 4. The quantitative estimate of drug-likeness (QED) is 0.407. The zero-order valence-electron chi connectivity index (χ0n) is 18.9. The number of hydrogen-bond donors (Lipinski definition) is 0. The number of benzene rings is 3. The van der Waals surface area contributed by atoms with Gasteiger partial charge < -0.3 is 18.9 Å². The summed E-state index contributed by atoms with van der Waals surface area (Å²) in [6, 6.07) is 23.8. The first-order valence-corrected chi connectivity index (χ1v) is 11.2. The summed E-state index contributed by atoms with van der Waals surface area (Å²) in [4.78, 5) is 19.8. The summed E-state index contributed by atoms with van der Waals surface area (Å²) in [6.45, 7) is 3.80. The Morgan fingerprint density at radius 3 is 2.64 bits per heavy atom. The van der Waals surface area contributed by atoms with Crippen LogP contribution in [0, 0.1) is 6.92 Å². The molecule has 6 nitrogen and oxygen atoms in total. The molecule has 0 N–H and O–H groups in total. The zero-order valence-corrected chi connectivity index (χ0v) is 18.9. The maximum absolute atomic E-state index is 12.9. The molecular formula is C27H27N3O3. The number of carbonyl (C=O) groups excluding carboxylic acids is 1. The lowest BCUT2D eigenvalue weighted by molar-refractivity contribution is -0.117. The Hall–Kier alpha value is -3.80. The fourth-order valence-electron chi connectivity index (χ4n) is 4.57. The van der Waals surface area contributed by atoms with Gasteiger partial charge in [0.25, 0.3) is 0 Å². The van der Waals surface area contributed by atoms with Crippen LogP contribution in [0.25, 0.3) is 11.0 Å². The number of para-hydroxylation sites is 3. The Labute approximate surface area is 193 Å². The van der Waals surface area contributed by atoms with Crippen LogP contribution in [0.2, 0.25) is 0 Å². The molecule has 1 fully saturated rings. The summed E-state index contributed by atoms with van der Waals surface area (Å²) in [5.41, 5.74) is 4.08. The van der Waals surface area contributed by atoms with Crippen molar-refractivity contribution in [1.29, 1.82) is 0 Å². The van der Waals surface area contributed by atoms with Gasteiger partial charge in [0.05, 0.1) is 24.7 Å². The molecular weight excluding hydrogens is 414 g/mol. The van der Waals surface area contributed by atoms with Gasteiger partial charge in [0, 0.05) is 30.6 Å². The average Bonchev–Trinajstić information content (AvgIpc) is 3.40. The molecule has 3 aromatic carbocycles. The topological polar surface area (TPSA) is 56.6 Å². The highest BCUT2D eigenvalue weighted by molar-refractivity contribution is 5.97. The molecule has 0 radical (unpaired) electrons. The predicted octanol–water partition coefficient (Wildman–Crippen LogP) is 4.95. The number of ether oxygens (including phenoxy) is 2. The molecule has 1 atom stereocenters. The molecule has 5 rings (SSSR count). The van der Waals surface area contributed by atoms with Crippen LogP contribution in [0.1, 0.15) is 23.7 Å². The van der Waals surface area contributed by atoms with Gasteiger partial charge in [0.15, 0.2) is 0 Å². The zero-order chi connectivity index (χ0) is 22.8. The van der Waals surface area contributed by atoms with E-state index in [4.69, 9.17) is 14.5 Å². The van der Waals surface area contributed by atoms with Crippen LogP contribution in [-0.2, 0) is 11.3 Å². The minimum atomic E-state index is 0.0290. The molecule has 1 aliphatic heterocycles. The number of fused-ring (bicyclic) bond motifs is 1. The van der Waals surface area contributed by atoms with Crippen molar-refractivity contribution in [3.05, 3.63) is 84.2 Å². The molecule has 2 heterocycles. The summed E-state index contributed by atoms with van der Waals surface area (Å²) in [5, 5.41) is 0. The van der Waals surface area contributed by atoms with Crippen LogP contribution in [0.5, 0.6) is 11.5 Å². The van der Waals surface area contributed by atoms with Crippen LogP contribution in [0.15, 0.2) is 72.8 Å². The van der Waals surface area contributed by atoms with E-state index in [1.54, 1.807) is 7.11 Å².